The summed E-state index contributed by atoms with van der Waals surface area (Å²) in [6, 6.07) is 8.46. The minimum atomic E-state index is -0.0305. The number of thioether (sulfide) groups is 4. The Balaban J connectivity index is 1.52. The Labute approximate surface area is 214 Å². The van der Waals surface area contributed by atoms with E-state index in [4.69, 9.17) is 0 Å². The zero-order valence-corrected chi connectivity index (χ0v) is 22.9. The number of carbonyl (C=O) groups excluding carboxylic acids is 2. The van der Waals surface area contributed by atoms with E-state index in [0.717, 1.165) is 31.1 Å². The standard InChI is InChI=1S/C24H24O2S6/c1-3-5-11-27-21-9-7-17(29-21)19-13-15(23(25)31-19)16-14-20(32-24(16)26)18-8-10-22(30-18)28-12-6-4-2/h7-10,13-14H,3-6,11-12H2,1-2H3/b16-15+. The van der Waals surface area contributed by atoms with Crippen LogP contribution in [0, 0.1) is 0 Å². The van der Waals surface area contributed by atoms with Gasteiger partial charge in [-0.3, -0.25) is 9.59 Å². The first-order valence-electron chi connectivity index (χ1n) is 10.7. The molecule has 2 aromatic rings. The SMILES string of the molecule is CCCCSc1ccc(C2=C/C(=C3/C=C(c4ccc(SCCCC)s4)SC3=O)C(=O)S2)s1. The van der Waals surface area contributed by atoms with Gasteiger partial charge in [0.1, 0.15) is 0 Å². The summed E-state index contributed by atoms with van der Waals surface area (Å²) >= 11 is 9.70. The lowest BCUT2D eigenvalue weighted by atomic mass is 10.1. The summed E-state index contributed by atoms with van der Waals surface area (Å²) in [6.45, 7) is 4.40. The van der Waals surface area contributed by atoms with Gasteiger partial charge in [0.2, 0.25) is 10.2 Å². The number of allylic oxidation sites excluding steroid dienone is 2. The first-order chi connectivity index (χ1) is 15.6. The first kappa shape index (κ1) is 24.5. The fourth-order valence-electron chi connectivity index (χ4n) is 3.06. The molecule has 4 rings (SSSR count). The van der Waals surface area contributed by atoms with E-state index in [1.54, 1.807) is 22.7 Å². The van der Waals surface area contributed by atoms with Gasteiger partial charge in [-0.2, -0.15) is 0 Å². The molecule has 168 valence electrons. The van der Waals surface area contributed by atoms with Gasteiger partial charge in [-0.25, -0.2) is 0 Å². The molecule has 32 heavy (non-hydrogen) atoms. The van der Waals surface area contributed by atoms with E-state index in [1.165, 1.54) is 57.6 Å². The average Bonchev–Trinajstić information content (AvgIpc) is 3.55. The first-order valence-corrected chi connectivity index (χ1v) is 15.9. The lowest BCUT2D eigenvalue weighted by Gasteiger charge is -1.96. The smallest absolute Gasteiger partial charge is 0.224 e. The second-order valence-corrected chi connectivity index (χ2v) is 14.3. The number of hydrogen-bond acceptors (Lipinski definition) is 8. The van der Waals surface area contributed by atoms with Gasteiger partial charge in [0.05, 0.1) is 8.42 Å². The highest BCUT2D eigenvalue weighted by molar-refractivity contribution is 8.23. The van der Waals surface area contributed by atoms with Crippen LogP contribution in [0.25, 0.3) is 9.81 Å². The van der Waals surface area contributed by atoms with Gasteiger partial charge in [-0.1, -0.05) is 26.7 Å². The number of hydrogen-bond donors (Lipinski definition) is 0. The molecule has 2 aliphatic rings. The predicted molar refractivity (Wildman–Crippen MR) is 148 cm³/mol. The largest absolute Gasteiger partial charge is 0.281 e. The maximum atomic E-state index is 12.8. The van der Waals surface area contributed by atoms with Gasteiger partial charge < -0.3 is 0 Å². The molecule has 0 unspecified atom stereocenters. The summed E-state index contributed by atoms with van der Waals surface area (Å²) < 4.78 is 2.56. The van der Waals surface area contributed by atoms with Gasteiger partial charge in [-0.15, -0.1) is 46.2 Å². The molecule has 0 saturated heterocycles. The molecule has 0 N–H and O–H groups in total. The van der Waals surface area contributed by atoms with E-state index >= 15 is 0 Å². The second kappa shape index (κ2) is 11.7. The van der Waals surface area contributed by atoms with Crippen LogP contribution in [0.3, 0.4) is 0 Å². The van der Waals surface area contributed by atoms with E-state index in [9.17, 15) is 9.59 Å². The third kappa shape index (κ3) is 5.88. The van der Waals surface area contributed by atoms with Crippen molar-refractivity contribution in [2.45, 2.75) is 47.9 Å². The number of thiophene rings is 2. The molecule has 0 atom stereocenters. The Kier molecular flexibility index (Phi) is 8.93. The molecule has 2 aromatic heterocycles. The van der Waals surface area contributed by atoms with Crippen LogP contribution in [0.15, 0.2) is 56.0 Å². The normalized spacial score (nSPS) is 18.6. The summed E-state index contributed by atoms with van der Waals surface area (Å²) in [5.74, 6) is 2.25. The highest BCUT2D eigenvalue weighted by atomic mass is 32.2. The van der Waals surface area contributed by atoms with Crippen molar-refractivity contribution in [2.24, 2.45) is 0 Å². The molecule has 0 saturated carbocycles. The van der Waals surface area contributed by atoms with Gasteiger partial charge in [-0.05, 0) is 84.3 Å². The van der Waals surface area contributed by atoms with Crippen molar-refractivity contribution in [1.82, 2.24) is 0 Å². The molecule has 2 aliphatic heterocycles. The summed E-state index contributed by atoms with van der Waals surface area (Å²) in [5.41, 5.74) is 1.08. The number of rotatable bonds is 10. The fourth-order valence-corrected chi connectivity index (χ4v) is 9.61. The van der Waals surface area contributed by atoms with Crippen LogP contribution in [0.1, 0.15) is 49.3 Å². The highest BCUT2D eigenvalue weighted by Gasteiger charge is 2.31. The monoisotopic (exact) mass is 536 g/mol. The van der Waals surface area contributed by atoms with Crippen molar-refractivity contribution < 1.29 is 9.59 Å². The minimum absolute atomic E-state index is 0.0305. The topological polar surface area (TPSA) is 34.1 Å². The fraction of sp³-hybridized carbons (Fsp3) is 0.333. The molecule has 8 heteroatoms. The van der Waals surface area contributed by atoms with Crippen LogP contribution in [-0.2, 0) is 9.59 Å². The van der Waals surface area contributed by atoms with Crippen LogP contribution in [-0.4, -0.2) is 21.7 Å². The van der Waals surface area contributed by atoms with Crippen LogP contribution in [0.5, 0.6) is 0 Å². The van der Waals surface area contributed by atoms with E-state index < -0.39 is 0 Å². The van der Waals surface area contributed by atoms with Gasteiger partial charge in [0.15, 0.2) is 0 Å². The second-order valence-electron chi connectivity index (χ2n) is 7.26. The lowest BCUT2D eigenvalue weighted by molar-refractivity contribution is -0.109. The van der Waals surface area contributed by atoms with Crippen LogP contribution in [0.4, 0.5) is 0 Å². The van der Waals surface area contributed by atoms with Crippen LogP contribution >= 0.6 is 69.7 Å². The third-order valence-corrected chi connectivity index (χ3v) is 11.9. The number of unbranched alkanes of at least 4 members (excludes halogenated alkanes) is 2. The van der Waals surface area contributed by atoms with Gasteiger partial charge in [0.25, 0.3) is 0 Å². The minimum Gasteiger partial charge on any atom is -0.281 e. The Hall–Kier alpha value is -0.640. The van der Waals surface area contributed by atoms with Crippen molar-refractivity contribution in [1.29, 1.82) is 0 Å². The molecule has 0 fully saturated rings. The van der Waals surface area contributed by atoms with Gasteiger partial charge in [0, 0.05) is 30.7 Å². The predicted octanol–water partition coefficient (Wildman–Crippen LogP) is 8.82. The van der Waals surface area contributed by atoms with Gasteiger partial charge >= 0.3 is 0 Å². The molecule has 4 heterocycles. The average molecular weight is 537 g/mol. The van der Waals surface area contributed by atoms with Crippen LogP contribution < -0.4 is 0 Å². The Bertz CT molecular complexity index is 1020. The van der Waals surface area contributed by atoms with E-state index in [1.807, 2.05) is 35.7 Å². The van der Waals surface area contributed by atoms with Crippen LogP contribution in [0.2, 0.25) is 0 Å². The summed E-state index contributed by atoms with van der Waals surface area (Å²) in [7, 11) is 0. The molecular formula is C24H24O2S6. The lowest BCUT2D eigenvalue weighted by Crippen LogP contribution is -1.98. The molecule has 0 amide bonds. The summed E-state index contributed by atoms with van der Waals surface area (Å²) in [6.07, 6.45) is 8.64. The zero-order chi connectivity index (χ0) is 22.5. The zero-order valence-electron chi connectivity index (χ0n) is 18.0. The maximum Gasteiger partial charge on any atom is 0.224 e. The van der Waals surface area contributed by atoms with E-state index in [-0.39, 0.29) is 10.2 Å². The maximum absolute atomic E-state index is 12.8. The van der Waals surface area contributed by atoms with Crippen molar-refractivity contribution >= 4 is 89.8 Å². The molecular weight excluding hydrogens is 513 g/mol. The quantitative estimate of drug-likeness (QED) is 0.171. The molecule has 0 spiro atoms. The van der Waals surface area contributed by atoms with Crippen molar-refractivity contribution in [3.63, 3.8) is 0 Å². The Morgan fingerprint density at radius 3 is 1.53 bits per heavy atom. The molecule has 2 nitrogen and oxygen atoms in total. The Morgan fingerprint density at radius 2 is 1.12 bits per heavy atom. The van der Waals surface area contributed by atoms with Crippen molar-refractivity contribution in [2.75, 3.05) is 11.5 Å². The highest BCUT2D eigenvalue weighted by Crippen LogP contribution is 2.47. The molecule has 0 aromatic carbocycles. The summed E-state index contributed by atoms with van der Waals surface area (Å²) in [5, 5.41) is -0.0611. The number of carbonyl (C=O) groups is 2. The molecule has 0 aliphatic carbocycles. The molecule has 0 bridgehead atoms. The third-order valence-electron chi connectivity index (χ3n) is 4.82. The van der Waals surface area contributed by atoms with E-state index in [2.05, 4.69) is 38.1 Å². The van der Waals surface area contributed by atoms with Crippen molar-refractivity contribution in [3.05, 3.63) is 57.3 Å². The molecule has 0 radical (unpaired) electrons. The summed E-state index contributed by atoms with van der Waals surface area (Å²) in [4.78, 5) is 29.6. The Morgan fingerprint density at radius 1 is 0.688 bits per heavy atom. The van der Waals surface area contributed by atoms with E-state index in [0.29, 0.717) is 11.1 Å². The van der Waals surface area contributed by atoms with Crippen molar-refractivity contribution in [3.8, 4) is 0 Å².